The van der Waals surface area contributed by atoms with E-state index in [-0.39, 0.29) is 24.8 Å². The predicted octanol–water partition coefficient (Wildman–Crippen LogP) is 4.18. The smallest absolute Gasteiger partial charge is 0.265 e. The highest BCUT2D eigenvalue weighted by atomic mass is 32.1. The Balaban J connectivity index is 1.40. The lowest BCUT2D eigenvalue weighted by molar-refractivity contribution is -0.121. The summed E-state index contributed by atoms with van der Waals surface area (Å²) >= 11 is 1.39. The third-order valence-electron chi connectivity index (χ3n) is 4.79. The van der Waals surface area contributed by atoms with Crippen LogP contribution in [0.5, 0.6) is 5.75 Å². The lowest BCUT2D eigenvalue weighted by atomic mass is 10.0. The molecule has 0 fully saturated rings. The molecule has 0 bridgehead atoms. The van der Waals surface area contributed by atoms with Crippen molar-refractivity contribution >= 4 is 34.0 Å². The van der Waals surface area contributed by atoms with Gasteiger partial charge in [-0.3, -0.25) is 9.59 Å². The van der Waals surface area contributed by atoms with Gasteiger partial charge in [0, 0.05) is 23.9 Å². The molecule has 0 unspecified atom stereocenters. The van der Waals surface area contributed by atoms with Gasteiger partial charge in [-0.1, -0.05) is 29.8 Å². The number of ether oxygens (including phenoxy) is 1. The van der Waals surface area contributed by atoms with Crippen LogP contribution in [0, 0.1) is 13.8 Å². The summed E-state index contributed by atoms with van der Waals surface area (Å²) in [6.45, 7) is 4.37. The predicted molar refractivity (Wildman–Crippen MR) is 115 cm³/mol. The Labute approximate surface area is 173 Å². The zero-order valence-corrected chi connectivity index (χ0v) is 17.1. The SMILES string of the molecule is Cc1ccc(C)c(-c2csc(NC(=O)CCN3C(=O)COc4ccccc43)n2)c1. The normalized spacial score (nSPS) is 13.0. The second-order valence-corrected chi connectivity index (χ2v) is 7.81. The van der Waals surface area contributed by atoms with Crippen LogP contribution in [0.1, 0.15) is 17.5 Å². The van der Waals surface area contributed by atoms with Gasteiger partial charge in [0.2, 0.25) is 5.91 Å². The molecule has 0 aliphatic carbocycles. The molecule has 2 heterocycles. The molecule has 6 nitrogen and oxygen atoms in total. The van der Waals surface area contributed by atoms with Gasteiger partial charge in [-0.2, -0.15) is 0 Å². The number of aromatic nitrogens is 1. The van der Waals surface area contributed by atoms with E-state index < -0.39 is 0 Å². The number of aryl methyl sites for hydroxylation is 2. The Morgan fingerprint density at radius 3 is 2.93 bits per heavy atom. The van der Waals surface area contributed by atoms with Crippen LogP contribution in [-0.2, 0) is 9.59 Å². The molecule has 0 saturated heterocycles. The first-order valence-corrected chi connectivity index (χ1v) is 10.2. The van der Waals surface area contributed by atoms with Crippen molar-refractivity contribution in [2.45, 2.75) is 20.3 Å². The van der Waals surface area contributed by atoms with Crippen LogP contribution >= 0.6 is 11.3 Å². The van der Waals surface area contributed by atoms with Crippen molar-refractivity contribution in [2.75, 3.05) is 23.4 Å². The summed E-state index contributed by atoms with van der Waals surface area (Å²) in [6, 6.07) is 13.6. The van der Waals surface area contributed by atoms with Crippen LogP contribution in [0.15, 0.2) is 47.8 Å². The Kier molecular flexibility index (Phi) is 5.31. The van der Waals surface area contributed by atoms with E-state index in [1.165, 1.54) is 16.9 Å². The number of para-hydroxylation sites is 2. The molecule has 0 spiro atoms. The van der Waals surface area contributed by atoms with Crippen molar-refractivity contribution in [3.63, 3.8) is 0 Å². The van der Waals surface area contributed by atoms with Gasteiger partial charge in [0.05, 0.1) is 11.4 Å². The topological polar surface area (TPSA) is 71.5 Å². The van der Waals surface area contributed by atoms with E-state index in [0.717, 1.165) is 16.8 Å². The maximum Gasteiger partial charge on any atom is 0.265 e. The molecule has 4 rings (SSSR count). The van der Waals surface area contributed by atoms with Gasteiger partial charge >= 0.3 is 0 Å². The van der Waals surface area contributed by atoms with Crippen molar-refractivity contribution in [3.8, 4) is 17.0 Å². The fourth-order valence-corrected chi connectivity index (χ4v) is 3.99. The van der Waals surface area contributed by atoms with Crippen LogP contribution < -0.4 is 15.0 Å². The quantitative estimate of drug-likeness (QED) is 0.689. The van der Waals surface area contributed by atoms with Crippen LogP contribution in [-0.4, -0.2) is 29.9 Å². The summed E-state index contributed by atoms with van der Waals surface area (Å²) in [5.74, 6) is 0.331. The van der Waals surface area contributed by atoms with Crippen LogP contribution in [0.4, 0.5) is 10.8 Å². The van der Waals surface area contributed by atoms with Gasteiger partial charge in [0.1, 0.15) is 5.75 Å². The molecule has 3 aromatic rings. The van der Waals surface area contributed by atoms with Crippen LogP contribution in [0.3, 0.4) is 0 Å². The monoisotopic (exact) mass is 407 g/mol. The molecule has 0 radical (unpaired) electrons. The highest BCUT2D eigenvalue weighted by molar-refractivity contribution is 7.14. The van der Waals surface area contributed by atoms with Gasteiger partial charge in [0.25, 0.3) is 5.91 Å². The second kappa shape index (κ2) is 8.05. The molecular formula is C22H21N3O3S. The number of hydrogen-bond acceptors (Lipinski definition) is 5. The van der Waals surface area contributed by atoms with E-state index in [0.29, 0.717) is 23.1 Å². The van der Waals surface area contributed by atoms with Gasteiger partial charge in [-0.15, -0.1) is 11.3 Å². The van der Waals surface area contributed by atoms with Gasteiger partial charge in [0.15, 0.2) is 11.7 Å². The number of benzene rings is 2. The average molecular weight is 407 g/mol. The molecule has 1 N–H and O–H groups in total. The summed E-state index contributed by atoms with van der Waals surface area (Å²) in [5, 5.41) is 5.34. The van der Waals surface area contributed by atoms with Gasteiger partial charge in [-0.25, -0.2) is 4.98 Å². The molecule has 1 aliphatic heterocycles. The van der Waals surface area contributed by atoms with Crippen molar-refractivity contribution < 1.29 is 14.3 Å². The first kappa shape index (κ1) is 19.1. The van der Waals surface area contributed by atoms with Crippen LogP contribution in [0.25, 0.3) is 11.3 Å². The second-order valence-electron chi connectivity index (χ2n) is 6.96. The zero-order chi connectivity index (χ0) is 20.4. The van der Waals surface area contributed by atoms with E-state index >= 15 is 0 Å². The minimum absolute atomic E-state index is 0.00961. The number of nitrogens with one attached hydrogen (secondary N) is 1. The molecule has 7 heteroatoms. The standard InChI is InChI=1S/C22H21N3O3S/c1-14-7-8-15(2)16(11-14)17-13-29-22(23-17)24-20(26)9-10-25-18-5-3-4-6-19(18)28-12-21(25)27/h3-8,11,13H,9-10,12H2,1-2H3,(H,23,24,26). The summed E-state index contributed by atoms with van der Waals surface area (Å²) in [6.07, 6.45) is 0.179. The number of thiazole rings is 1. The lowest BCUT2D eigenvalue weighted by Gasteiger charge is -2.29. The van der Waals surface area contributed by atoms with Crippen molar-refractivity contribution in [1.82, 2.24) is 4.98 Å². The van der Waals surface area contributed by atoms with E-state index in [9.17, 15) is 9.59 Å². The van der Waals surface area contributed by atoms with E-state index in [1.807, 2.05) is 43.5 Å². The Morgan fingerprint density at radius 2 is 2.07 bits per heavy atom. The van der Waals surface area contributed by atoms with E-state index in [2.05, 4.69) is 28.5 Å². The number of anilines is 2. The summed E-state index contributed by atoms with van der Waals surface area (Å²) < 4.78 is 5.43. The average Bonchev–Trinajstić information content (AvgIpc) is 3.17. The molecule has 1 aromatic heterocycles. The Hall–Kier alpha value is -3.19. The largest absolute Gasteiger partial charge is 0.482 e. The number of rotatable bonds is 5. The third-order valence-corrected chi connectivity index (χ3v) is 5.55. The molecule has 2 amide bonds. The Bertz CT molecular complexity index is 1080. The number of carbonyl (C=O) groups is 2. The first-order chi connectivity index (χ1) is 14.0. The van der Waals surface area contributed by atoms with E-state index in [4.69, 9.17) is 4.74 Å². The summed E-state index contributed by atoms with van der Waals surface area (Å²) in [5.41, 5.74) is 4.92. The molecule has 0 atom stereocenters. The van der Waals surface area contributed by atoms with Gasteiger partial charge < -0.3 is 15.0 Å². The first-order valence-electron chi connectivity index (χ1n) is 9.36. The number of nitrogens with zero attached hydrogens (tertiary/aromatic N) is 2. The number of hydrogen-bond donors (Lipinski definition) is 1. The maximum atomic E-state index is 12.4. The Morgan fingerprint density at radius 1 is 1.24 bits per heavy atom. The fraction of sp³-hybridized carbons (Fsp3) is 0.227. The van der Waals surface area contributed by atoms with Crippen LogP contribution in [0.2, 0.25) is 0 Å². The molecular weight excluding hydrogens is 386 g/mol. The summed E-state index contributed by atoms with van der Waals surface area (Å²) in [4.78, 5) is 30.8. The fourth-order valence-electron chi connectivity index (χ4n) is 3.26. The third kappa shape index (κ3) is 4.14. The lowest BCUT2D eigenvalue weighted by Crippen LogP contribution is -2.40. The minimum atomic E-state index is -0.177. The molecule has 2 aromatic carbocycles. The van der Waals surface area contributed by atoms with Crippen molar-refractivity contribution in [2.24, 2.45) is 0 Å². The van der Waals surface area contributed by atoms with Crippen molar-refractivity contribution in [1.29, 1.82) is 0 Å². The zero-order valence-electron chi connectivity index (χ0n) is 16.3. The maximum absolute atomic E-state index is 12.4. The number of fused-ring (bicyclic) bond motifs is 1. The van der Waals surface area contributed by atoms with Crippen molar-refractivity contribution in [3.05, 3.63) is 59.0 Å². The minimum Gasteiger partial charge on any atom is -0.482 e. The molecule has 29 heavy (non-hydrogen) atoms. The highest BCUT2D eigenvalue weighted by Gasteiger charge is 2.25. The molecule has 0 saturated carbocycles. The van der Waals surface area contributed by atoms with E-state index in [1.54, 1.807) is 4.90 Å². The number of carbonyl (C=O) groups excluding carboxylic acids is 2. The van der Waals surface area contributed by atoms with Gasteiger partial charge in [-0.05, 0) is 37.6 Å². The number of amides is 2. The molecule has 148 valence electrons. The summed E-state index contributed by atoms with van der Waals surface area (Å²) in [7, 11) is 0. The molecule has 1 aliphatic rings. The highest BCUT2D eigenvalue weighted by Crippen LogP contribution is 2.32.